The number of fused-ring (bicyclic) bond motifs is 1. The van der Waals surface area contributed by atoms with Crippen molar-refractivity contribution >= 4 is 11.9 Å². The molecule has 1 N–H and O–H groups in total. The third-order valence-corrected chi connectivity index (χ3v) is 5.00. The van der Waals surface area contributed by atoms with Crippen LogP contribution < -0.4 is 19.7 Å². The maximum absolute atomic E-state index is 12.4. The second-order valence-corrected chi connectivity index (χ2v) is 6.91. The van der Waals surface area contributed by atoms with Crippen LogP contribution in [0.3, 0.4) is 0 Å². The SMILES string of the molecule is COc1cccc2c1OCC(CNC(=O)c1cnc(N3CCOCC3)nc1)C2. The molecule has 148 valence electrons. The highest BCUT2D eigenvalue weighted by molar-refractivity contribution is 5.93. The molecule has 3 heterocycles. The number of ether oxygens (including phenoxy) is 3. The van der Waals surface area contributed by atoms with E-state index in [-0.39, 0.29) is 11.8 Å². The Bertz CT molecular complexity index is 821. The van der Waals surface area contributed by atoms with E-state index in [1.807, 2.05) is 18.2 Å². The Hall–Kier alpha value is -2.87. The number of amides is 1. The van der Waals surface area contributed by atoms with Crippen LogP contribution in [0.15, 0.2) is 30.6 Å². The minimum Gasteiger partial charge on any atom is -0.493 e. The van der Waals surface area contributed by atoms with Crippen molar-refractivity contribution in [3.05, 3.63) is 41.7 Å². The summed E-state index contributed by atoms with van der Waals surface area (Å²) < 4.78 is 16.5. The summed E-state index contributed by atoms with van der Waals surface area (Å²) in [7, 11) is 1.64. The maximum Gasteiger partial charge on any atom is 0.254 e. The van der Waals surface area contributed by atoms with Crippen LogP contribution in [-0.4, -0.2) is 62.4 Å². The first-order chi connectivity index (χ1) is 13.7. The number of anilines is 1. The number of methoxy groups -OCH3 is 1. The number of nitrogens with one attached hydrogen (secondary N) is 1. The number of morpholine rings is 1. The molecule has 4 rings (SSSR count). The molecular weight excluding hydrogens is 360 g/mol. The second kappa shape index (κ2) is 8.43. The topological polar surface area (TPSA) is 85.8 Å². The number of rotatable bonds is 5. The van der Waals surface area contributed by atoms with E-state index >= 15 is 0 Å². The molecule has 1 unspecified atom stereocenters. The molecule has 1 aromatic heterocycles. The highest BCUT2D eigenvalue weighted by Gasteiger charge is 2.23. The number of carbonyl (C=O) groups is 1. The maximum atomic E-state index is 12.4. The second-order valence-electron chi connectivity index (χ2n) is 6.91. The summed E-state index contributed by atoms with van der Waals surface area (Å²) in [5.41, 5.74) is 1.55. The van der Waals surface area contributed by atoms with Gasteiger partial charge in [0.05, 0.1) is 32.5 Å². The standard InChI is InChI=1S/C20H24N4O4/c1-26-17-4-2-3-15-9-14(13-28-18(15)17)10-21-19(25)16-11-22-20(23-12-16)24-5-7-27-8-6-24/h2-4,11-12,14H,5-10,13H2,1H3,(H,21,25). The Kier molecular flexibility index (Phi) is 5.57. The van der Waals surface area contributed by atoms with Gasteiger partial charge in [0.1, 0.15) is 0 Å². The summed E-state index contributed by atoms with van der Waals surface area (Å²) in [6.07, 6.45) is 3.98. The zero-order valence-corrected chi connectivity index (χ0v) is 15.9. The van der Waals surface area contributed by atoms with E-state index in [2.05, 4.69) is 20.2 Å². The number of aromatic nitrogens is 2. The molecule has 0 saturated carbocycles. The minimum absolute atomic E-state index is 0.176. The van der Waals surface area contributed by atoms with Crippen molar-refractivity contribution in [1.82, 2.24) is 15.3 Å². The molecule has 8 heteroatoms. The number of para-hydroxylation sites is 1. The zero-order valence-electron chi connectivity index (χ0n) is 15.9. The normalized spacial score (nSPS) is 18.8. The summed E-state index contributed by atoms with van der Waals surface area (Å²) >= 11 is 0. The minimum atomic E-state index is -0.176. The Morgan fingerprint density at radius 1 is 1.29 bits per heavy atom. The highest BCUT2D eigenvalue weighted by atomic mass is 16.5. The van der Waals surface area contributed by atoms with Gasteiger partial charge in [0, 0.05) is 37.9 Å². The third-order valence-electron chi connectivity index (χ3n) is 5.00. The van der Waals surface area contributed by atoms with Gasteiger partial charge in [-0.15, -0.1) is 0 Å². The fourth-order valence-electron chi connectivity index (χ4n) is 3.45. The molecule has 8 nitrogen and oxygen atoms in total. The van der Waals surface area contributed by atoms with Gasteiger partial charge < -0.3 is 24.4 Å². The van der Waals surface area contributed by atoms with Crippen molar-refractivity contribution in [2.24, 2.45) is 5.92 Å². The first kappa shape index (κ1) is 18.5. The summed E-state index contributed by atoms with van der Waals surface area (Å²) in [6.45, 7) is 3.94. The number of benzene rings is 1. The molecule has 1 fully saturated rings. The van der Waals surface area contributed by atoms with E-state index in [0.717, 1.165) is 36.6 Å². The van der Waals surface area contributed by atoms with Gasteiger partial charge in [-0.3, -0.25) is 4.79 Å². The molecule has 2 aromatic rings. The van der Waals surface area contributed by atoms with Crippen molar-refractivity contribution < 1.29 is 19.0 Å². The van der Waals surface area contributed by atoms with E-state index in [9.17, 15) is 4.79 Å². The van der Waals surface area contributed by atoms with Crippen LogP contribution in [0.4, 0.5) is 5.95 Å². The predicted molar refractivity (Wildman–Crippen MR) is 103 cm³/mol. The highest BCUT2D eigenvalue weighted by Crippen LogP contribution is 2.35. The van der Waals surface area contributed by atoms with Gasteiger partial charge in [0.25, 0.3) is 5.91 Å². The van der Waals surface area contributed by atoms with Gasteiger partial charge in [-0.05, 0) is 18.1 Å². The number of carbonyl (C=O) groups excluding carboxylic acids is 1. The van der Waals surface area contributed by atoms with Crippen molar-refractivity contribution in [1.29, 1.82) is 0 Å². The average molecular weight is 384 g/mol. The van der Waals surface area contributed by atoms with Gasteiger partial charge in [-0.2, -0.15) is 0 Å². The zero-order chi connectivity index (χ0) is 19.3. The quantitative estimate of drug-likeness (QED) is 0.832. The van der Waals surface area contributed by atoms with Crippen molar-refractivity contribution in [2.75, 3.05) is 51.5 Å². The first-order valence-corrected chi connectivity index (χ1v) is 9.46. The van der Waals surface area contributed by atoms with Crippen molar-refractivity contribution in [3.8, 4) is 11.5 Å². The first-order valence-electron chi connectivity index (χ1n) is 9.46. The summed E-state index contributed by atoms with van der Waals surface area (Å²) in [6, 6.07) is 5.88. The van der Waals surface area contributed by atoms with Crippen molar-refractivity contribution in [2.45, 2.75) is 6.42 Å². The van der Waals surface area contributed by atoms with E-state index in [1.54, 1.807) is 19.5 Å². The lowest BCUT2D eigenvalue weighted by Crippen LogP contribution is -2.37. The monoisotopic (exact) mass is 384 g/mol. The average Bonchev–Trinajstić information content (AvgIpc) is 2.77. The Morgan fingerprint density at radius 3 is 2.82 bits per heavy atom. The van der Waals surface area contributed by atoms with E-state index < -0.39 is 0 Å². The summed E-state index contributed by atoms with van der Waals surface area (Å²) in [5.74, 6) is 2.21. The van der Waals surface area contributed by atoms with Gasteiger partial charge in [-0.1, -0.05) is 12.1 Å². The van der Waals surface area contributed by atoms with Crippen LogP contribution in [0.25, 0.3) is 0 Å². The van der Waals surface area contributed by atoms with Gasteiger partial charge in [0.2, 0.25) is 5.95 Å². The molecule has 1 aromatic carbocycles. The largest absolute Gasteiger partial charge is 0.493 e. The molecule has 0 radical (unpaired) electrons. The Labute approximate surface area is 163 Å². The van der Waals surface area contributed by atoms with E-state index in [4.69, 9.17) is 14.2 Å². The van der Waals surface area contributed by atoms with Gasteiger partial charge in [-0.25, -0.2) is 9.97 Å². The molecule has 1 atom stereocenters. The summed E-state index contributed by atoms with van der Waals surface area (Å²) in [4.78, 5) is 23.1. The summed E-state index contributed by atoms with van der Waals surface area (Å²) in [5, 5.41) is 2.96. The van der Waals surface area contributed by atoms with E-state index in [1.165, 1.54) is 0 Å². The lowest BCUT2D eigenvalue weighted by Gasteiger charge is -2.27. The molecule has 1 saturated heterocycles. The molecule has 1 amide bonds. The fourth-order valence-corrected chi connectivity index (χ4v) is 3.45. The van der Waals surface area contributed by atoms with Crippen LogP contribution in [0.5, 0.6) is 11.5 Å². The van der Waals surface area contributed by atoms with Gasteiger partial charge >= 0.3 is 0 Å². The third kappa shape index (κ3) is 4.01. The predicted octanol–water partition coefficient (Wildman–Crippen LogP) is 1.30. The van der Waals surface area contributed by atoms with E-state index in [0.29, 0.717) is 37.9 Å². The number of nitrogens with zero attached hydrogens (tertiary/aromatic N) is 3. The Morgan fingerprint density at radius 2 is 2.07 bits per heavy atom. The molecule has 2 aliphatic rings. The fraction of sp³-hybridized carbons (Fsp3) is 0.450. The lowest BCUT2D eigenvalue weighted by atomic mass is 9.96. The van der Waals surface area contributed by atoms with Crippen LogP contribution in [0.2, 0.25) is 0 Å². The molecule has 0 aliphatic carbocycles. The van der Waals surface area contributed by atoms with Crippen LogP contribution >= 0.6 is 0 Å². The van der Waals surface area contributed by atoms with Crippen LogP contribution in [-0.2, 0) is 11.2 Å². The Balaban J connectivity index is 1.32. The number of hydrogen-bond acceptors (Lipinski definition) is 7. The molecule has 0 bridgehead atoms. The number of hydrogen-bond donors (Lipinski definition) is 1. The van der Waals surface area contributed by atoms with Crippen molar-refractivity contribution in [3.63, 3.8) is 0 Å². The van der Waals surface area contributed by atoms with Crippen LogP contribution in [0, 0.1) is 5.92 Å². The molecular formula is C20H24N4O4. The molecule has 2 aliphatic heterocycles. The van der Waals surface area contributed by atoms with Crippen LogP contribution in [0.1, 0.15) is 15.9 Å². The van der Waals surface area contributed by atoms with Gasteiger partial charge in [0.15, 0.2) is 11.5 Å². The lowest BCUT2D eigenvalue weighted by molar-refractivity contribution is 0.0937. The molecule has 28 heavy (non-hydrogen) atoms. The smallest absolute Gasteiger partial charge is 0.254 e. The molecule has 0 spiro atoms.